The van der Waals surface area contributed by atoms with Crippen molar-refractivity contribution in [2.45, 2.75) is 47.2 Å². The first kappa shape index (κ1) is 60.3. The van der Waals surface area contributed by atoms with E-state index in [4.69, 9.17) is 43.9 Å². The van der Waals surface area contributed by atoms with Crippen LogP contribution in [-0.4, -0.2) is 204 Å². The summed E-state index contributed by atoms with van der Waals surface area (Å²) in [6, 6.07) is 13.0. The van der Waals surface area contributed by atoms with Crippen LogP contribution in [0, 0.1) is 11.8 Å². The molecule has 0 saturated carbocycles. The lowest BCUT2D eigenvalue weighted by molar-refractivity contribution is -0.149. The quantitative estimate of drug-likeness (QED) is 0.0357. The predicted octanol–water partition coefficient (Wildman–Crippen LogP) is -3.73. The monoisotopic (exact) mass is 1030 g/mol. The molecule has 0 saturated heterocycles. The maximum atomic E-state index is 14.8. The van der Waals surface area contributed by atoms with Crippen molar-refractivity contribution in [2.24, 2.45) is 46.2 Å². The highest BCUT2D eigenvalue weighted by Crippen LogP contribution is 2.33. The largest absolute Gasteiger partial charge is 0.454 e. The van der Waals surface area contributed by atoms with Crippen LogP contribution in [0.25, 0.3) is 0 Å². The summed E-state index contributed by atoms with van der Waals surface area (Å²) in [5, 5.41) is 2.75. The van der Waals surface area contributed by atoms with Gasteiger partial charge < -0.3 is 83.1 Å². The van der Waals surface area contributed by atoms with E-state index in [9.17, 15) is 43.2 Å². The van der Waals surface area contributed by atoms with E-state index in [-0.39, 0.29) is 70.6 Å². The zero-order valence-electron chi connectivity index (χ0n) is 42.6. The van der Waals surface area contributed by atoms with Crippen molar-refractivity contribution in [2.75, 3.05) is 112 Å². The molecule has 26 nitrogen and oxygen atoms in total. The molecule has 0 bridgehead atoms. The number of primary amides is 1. The molecule has 1 aliphatic rings. The minimum Gasteiger partial charge on any atom is -0.454 e. The van der Waals surface area contributed by atoms with Crippen molar-refractivity contribution in [3.63, 3.8) is 0 Å². The number of rotatable bonds is 31. The molecule has 73 heavy (non-hydrogen) atoms. The first-order chi connectivity index (χ1) is 34.7. The number of fused-ring (bicyclic) bond motifs is 1. The standard InChI is InChI=1S/C47H75N15O11/c1-32(2)15-55(40(64)14-54-26-48)19-42(66)61(30-52)24-47(71)62(34(5)36-9-7-6-8-10-36)25-46(70)57(17-35-11-12-37-38(13-35)73-31-72-37)21-44(68)59(28-50)22-41(65)56(16-33(3)4)20-43(67)60(29-51)23-45(69)58(27-49)18-39(53)63/h6-13,32-34,54H,14-31,48-52H2,1-5H3,(H2,53,63). The molecule has 1 unspecified atom stereocenters. The third kappa shape index (κ3) is 19.2. The Morgan fingerprint density at radius 2 is 0.932 bits per heavy atom. The molecule has 404 valence electrons. The van der Waals surface area contributed by atoms with Gasteiger partial charge in [0.15, 0.2) is 11.5 Å². The second kappa shape index (κ2) is 30.2. The van der Waals surface area contributed by atoms with Crippen LogP contribution in [0.2, 0.25) is 0 Å². The van der Waals surface area contributed by atoms with Crippen LogP contribution >= 0.6 is 0 Å². The summed E-state index contributed by atoms with van der Waals surface area (Å²) in [4.78, 5) is 131. The third-order valence-corrected chi connectivity index (χ3v) is 11.4. The highest BCUT2D eigenvalue weighted by Gasteiger charge is 2.33. The van der Waals surface area contributed by atoms with Crippen molar-refractivity contribution in [3.8, 4) is 11.5 Å². The Morgan fingerprint density at radius 1 is 0.507 bits per heavy atom. The van der Waals surface area contributed by atoms with E-state index < -0.39 is 119 Å². The number of nitrogens with two attached hydrogens (primary N) is 6. The summed E-state index contributed by atoms with van der Waals surface area (Å²) in [5.41, 5.74) is 35.5. The number of benzene rings is 2. The third-order valence-electron chi connectivity index (χ3n) is 11.4. The van der Waals surface area contributed by atoms with Gasteiger partial charge in [-0.3, -0.25) is 48.5 Å². The van der Waals surface area contributed by atoms with E-state index in [1.54, 1.807) is 69.3 Å². The molecule has 0 radical (unpaired) electrons. The van der Waals surface area contributed by atoms with Gasteiger partial charge in [0.25, 0.3) is 0 Å². The Morgan fingerprint density at radius 3 is 1.41 bits per heavy atom. The van der Waals surface area contributed by atoms with Crippen molar-refractivity contribution in [1.82, 2.24) is 44.5 Å². The Bertz CT molecular complexity index is 2200. The van der Waals surface area contributed by atoms with Gasteiger partial charge in [0.05, 0.1) is 52.4 Å². The fourth-order valence-corrected chi connectivity index (χ4v) is 7.55. The molecule has 1 heterocycles. The summed E-state index contributed by atoms with van der Waals surface area (Å²) in [6.07, 6.45) is 0. The topological polar surface area (TPSA) is 366 Å². The Kier molecular flexibility index (Phi) is 24.9. The molecule has 0 fully saturated rings. The zero-order valence-corrected chi connectivity index (χ0v) is 42.6. The van der Waals surface area contributed by atoms with Crippen LogP contribution in [0.1, 0.15) is 51.8 Å². The summed E-state index contributed by atoms with van der Waals surface area (Å²) in [5.74, 6) is -5.35. The molecule has 1 aliphatic heterocycles. The number of ether oxygens (including phenoxy) is 2. The Balaban J connectivity index is 1.94. The minimum atomic E-state index is -0.819. The smallest absolute Gasteiger partial charge is 0.243 e. The Labute approximate surface area is 426 Å². The van der Waals surface area contributed by atoms with Crippen molar-refractivity contribution < 1.29 is 52.6 Å². The van der Waals surface area contributed by atoms with Gasteiger partial charge in [0, 0.05) is 26.3 Å². The van der Waals surface area contributed by atoms with Gasteiger partial charge >= 0.3 is 0 Å². The number of hydrogen-bond donors (Lipinski definition) is 7. The molecule has 0 aliphatic carbocycles. The van der Waals surface area contributed by atoms with Crippen molar-refractivity contribution in [3.05, 3.63) is 59.7 Å². The lowest BCUT2D eigenvalue weighted by atomic mass is 10.1. The van der Waals surface area contributed by atoms with Crippen LogP contribution in [0.4, 0.5) is 0 Å². The maximum Gasteiger partial charge on any atom is 0.243 e. The average Bonchev–Trinajstić information content (AvgIpc) is 3.83. The molecule has 1 atom stereocenters. The average molecular weight is 1030 g/mol. The molecular formula is C47H75N15O11. The van der Waals surface area contributed by atoms with Gasteiger partial charge in [-0.15, -0.1) is 0 Å². The van der Waals surface area contributed by atoms with Crippen LogP contribution in [0.3, 0.4) is 0 Å². The summed E-state index contributed by atoms with van der Waals surface area (Å²) in [7, 11) is 0. The lowest BCUT2D eigenvalue weighted by Gasteiger charge is -2.34. The molecule has 2 aromatic rings. The molecule has 2 aromatic carbocycles. The van der Waals surface area contributed by atoms with Crippen LogP contribution in [-0.2, 0) is 49.7 Å². The van der Waals surface area contributed by atoms with Gasteiger partial charge in [-0.2, -0.15) is 0 Å². The van der Waals surface area contributed by atoms with Gasteiger partial charge in [-0.05, 0) is 42.0 Å². The second-order valence-electron chi connectivity index (χ2n) is 18.1. The lowest BCUT2D eigenvalue weighted by Crippen LogP contribution is -2.54. The number of hydrogen-bond acceptors (Lipinski definition) is 17. The van der Waals surface area contributed by atoms with Gasteiger partial charge in [-0.1, -0.05) is 64.1 Å². The fraction of sp³-hybridized carbons (Fsp3) is 0.553. The predicted molar refractivity (Wildman–Crippen MR) is 267 cm³/mol. The summed E-state index contributed by atoms with van der Waals surface area (Å²) < 4.78 is 11.0. The number of carbonyl (C=O) groups is 9. The van der Waals surface area contributed by atoms with Crippen molar-refractivity contribution >= 4 is 53.2 Å². The summed E-state index contributed by atoms with van der Waals surface area (Å²) in [6.45, 7) is 3.03. The highest BCUT2D eigenvalue weighted by molar-refractivity contribution is 5.94. The fourth-order valence-electron chi connectivity index (χ4n) is 7.55. The van der Waals surface area contributed by atoms with E-state index in [1.165, 1.54) is 19.6 Å². The van der Waals surface area contributed by atoms with Gasteiger partial charge in [0.1, 0.15) is 39.3 Å². The van der Waals surface area contributed by atoms with E-state index in [0.29, 0.717) is 22.6 Å². The van der Waals surface area contributed by atoms with Crippen molar-refractivity contribution in [1.29, 1.82) is 0 Å². The highest BCUT2D eigenvalue weighted by atomic mass is 16.7. The Hall–Kier alpha value is -6.97. The zero-order chi connectivity index (χ0) is 54.4. The van der Waals surface area contributed by atoms with E-state index in [2.05, 4.69) is 5.32 Å². The van der Waals surface area contributed by atoms with E-state index in [1.807, 2.05) is 13.8 Å². The molecule has 0 spiro atoms. The maximum absolute atomic E-state index is 14.8. The van der Waals surface area contributed by atoms with Gasteiger partial charge in [0.2, 0.25) is 60.0 Å². The van der Waals surface area contributed by atoms with Gasteiger partial charge in [-0.25, -0.2) is 0 Å². The molecule has 9 amide bonds. The molecule has 13 N–H and O–H groups in total. The first-order valence-corrected chi connectivity index (χ1v) is 23.8. The summed E-state index contributed by atoms with van der Waals surface area (Å²) >= 11 is 0. The molecule has 0 aromatic heterocycles. The number of carbonyl (C=O) groups excluding carboxylic acids is 9. The second-order valence-corrected chi connectivity index (χ2v) is 18.1. The normalized spacial score (nSPS) is 11.9. The minimum absolute atomic E-state index is 0.000521. The van der Waals surface area contributed by atoms with E-state index in [0.717, 1.165) is 19.6 Å². The van der Waals surface area contributed by atoms with Crippen LogP contribution in [0.5, 0.6) is 11.5 Å². The molecular weight excluding hydrogens is 951 g/mol. The van der Waals surface area contributed by atoms with Crippen LogP contribution in [0.15, 0.2) is 48.5 Å². The number of amides is 9. The van der Waals surface area contributed by atoms with Crippen LogP contribution < -0.4 is 49.2 Å². The number of nitrogens with zero attached hydrogens (tertiary/aromatic N) is 8. The first-order valence-electron chi connectivity index (χ1n) is 23.8. The van der Waals surface area contributed by atoms with E-state index >= 15 is 0 Å². The number of nitrogens with one attached hydrogen (secondary N) is 1. The molecule has 26 heteroatoms. The molecule has 3 rings (SSSR count). The SMILES string of the molecule is CC(C)CN(CC(=O)N(CN)CC(=O)N(CC(=O)N(CC(=O)N(CN)CC(=O)N(CC(=O)N(CN)CC(=O)N(CN)CC(N)=O)CC(C)C)Cc1ccc2c(c1)OCO2)C(C)c1ccccc1)C(=O)CNCN.